The van der Waals surface area contributed by atoms with Crippen LogP contribution in [0.2, 0.25) is 0 Å². The predicted molar refractivity (Wildman–Crippen MR) is 53.6 cm³/mol. The van der Waals surface area contributed by atoms with Crippen molar-refractivity contribution < 1.29 is 5.11 Å². The molecule has 0 spiro atoms. The average molecular weight is 197 g/mol. The summed E-state index contributed by atoms with van der Waals surface area (Å²) in [5, 5.41) is 12.4. The molecule has 1 N–H and O–H groups in total. The van der Waals surface area contributed by atoms with Crippen LogP contribution in [0.15, 0.2) is 11.6 Å². The summed E-state index contributed by atoms with van der Waals surface area (Å²) in [5.41, 5.74) is 0.426. The molecule has 2 atom stereocenters. The van der Waals surface area contributed by atoms with Crippen molar-refractivity contribution in [2.45, 2.75) is 38.2 Å². The molecular weight excluding hydrogens is 182 g/mol. The standard InChI is InChI=1S/C10H15NOS/c1-8-4-2-3-5-10(8,12)9-6-11-13-7-9/h6-8,12H,2-5H2,1H3. The first-order valence-electron chi connectivity index (χ1n) is 4.86. The molecule has 1 fully saturated rings. The molecule has 0 aliphatic heterocycles. The van der Waals surface area contributed by atoms with Crippen LogP contribution in [0.5, 0.6) is 0 Å². The molecule has 0 aromatic carbocycles. The third-order valence-corrected chi connectivity index (χ3v) is 3.78. The third-order valence-electron chi connectivity index (χ3n) is 3.19. The fourth-order valence-corrected chi connectivity index (χ4v) is 2.79. The zero-order chi connectivity index (χ0) is 9.31. The number of hydrogen-bond donors (Lipinski definition) is 1. The summed E-state index contributed by atoms with van der Waals surface area (Å²) in [6.45, 7) is 2.14. The number of aromatic nitrogens is 1. The van der Waals surface area contributed by atoms with Gasteiger partial charge < -0.3 is 5.11 Å². The Morgan fingerprint density at radius 3 is 3.08 bits per heavy atom. The molecule has 1 saturated carbocycles. The minimum absolute atomic E-state index is 0.373. The molecule has 2 unspecified atom stereocenters. The van der Waals surface area contributed by atoms with Gasteiger partial charge in [-0.1, -0.05) is 19.8 Å². The number of rotatable bonds is 1. The maximum Gasteiger partial charge on any atom is 0.0945 e. The summed E-state index contributed by atoms with van der Waals surface area (Å²) in [5.74, 6) is 0.373. The van der Waals surface area contributed by atoms with Crippen molar-refractivity contribution >= 4 is 11.5 Å². The van der Waals surface area contributed by atoms with Gasteiger partial charge in [-0.3, -0.25) is 0 Å². The van der Waals surface area contributed by atoms with Crippen molar-refractivity contribution in [2.24, 2.45) is 5.92 Å². The minimum atomic E-state index is -0.592. The van der Waals surface area contributed by atoms with Gasteiger partial charge in [0.1, 0.15) is 0 Å². The Kier molecular flexibility index (Phi) is 2.39. The van der Waals surface area contributed by atoms with Crippen molar-refractivity contribution in [3.05, 3.63) is 17.1 Å². The molecule has 0 bridgehead atoms. The van der Waals surface area contributed by atoms with Crippen molar-refractivity contribution in [1.82, 2.24) is 4.37 Å². The SMILES string of the molecule is CC1CCCCC1(O)c1cnsc1. The van der Waals surface area contributed by atoms with Crippen LogP contribution in [-0.4, -0.2) is 9.48 Å². The highest BCUT2D eigenvalue weighted by atomic mass is 32.1. The largest absolute Gasteiger partial charge is 0.385 e. The Hall–Kier alpha value is -0.410. The molecule has 2 rings (SSSR count). The van der Waals surface area contributed by atoms with E-state index in [2.05, 4.69) is 11.3 Å². The molecule has 0 amide bonds. The number of hydrogen-bond acceptors (Lipinski definition) is 3. The fraction of sp³-hybridized carbons (Fsp3) is 0.700. The summed E-state index contributed by atoms with van der Waals surface area (Å²) in [6.07, 6.45) is 6.23. The lowest BCUT2D eigenvalue weighted by Gasteiger charge is -2.37. The fourth-order valence-electron chi connectivity index (χ4n) is 2.18. The van der Waals surface area contributed by atoms with Crippen LogP contribution in [0.3, 0.4) is 0 Å². The van der Waals surface area contributed by atoms with E-state index in [9.17, 15) is 5.11 Å². The Morgan fingerprint density at radius 2 is 2.46 bits per heavy atom. The molecule has 3 heteroatoms. The lowest BCUT2D eigenvalue weighted by Crippen LogP contribution is -2.35. The van der Waals surface area contributed by atoms with E-state index in [4.69, 9.17) is 0 Å². The third kappa shape index (κ3) is 1.51. The summed E-state index contributed by atoms with van der Waals surface area (Å²) < 4.78 is 4.06. The predicted octanol–water partition coefficient (Wildman–Crippen LogP) is 2.54. The molecule has 1 aromatic heterocycles. The molecule has 1 aliphatic carbocycles. The molecule has 72 valence electrons. The van der Waals surface area contributed by atoms with Crippen molar-refractivity contribution in [3.8, 4) is 0 Å². The summed E-state index contributed by atoms with van der Waals surface area (Å²) in [4.78, 5) is 0. The number of nitrogens with zero attached hydrogens (tertiary/aromatic N) is 1. The summed E-state index contributed by atoms with van der Waals surface area (Å²) in [7, 11) is 0. The molecule has 2 nitrogen and oxygen atoms in total. The topological polar surface area (TPSA) is 33.1 Å². The first-order chi connectivity index (χ1) is 6.23. The monoisotopic (exact) mass is 197 g/mol. The second-order valence-corrected chi connectivity index (χ2v) is 4.64. The van der Waals surface area contributed by atoms with Gasteiger partial charge in [0.25, 0.3) is 0 Å². The van der Waals surface area contributed by atoms with E-state index >= 15 is 0 Å². The van der Waals surface area contributed by atoms with Gasteiger partial charge in [-0.2, -0.15) is 0 Å². The second-order valence-electron chi connectivity index (χ2n) is 3.98. The summed E-state index contributed by atoms with van der Waals surface area (Å²) in [6, 6.07) is 0. The Labute approximate surface area is 82.8 Å². The van der Waals surface area contributed by atoms with E-state index in [1.807, 2.05) is 11.6 Å². The van der Waals surface area contributed by atoms with E-state index in [1.54, 1.807) is 0 Å². The van der Waals surface area contributed by atoms with E-state index < -0.39 is 5.60 Å². The molecule has 0 radical (unpaired) electrons. The normalized spacial score (nSPS) is 34.8. The number of aliphatic hydroxyl groups is 1. The highest BCUT2D eigenvalue weighted by Crippen LogP contribution is 2.41. The van der Waals surface area contributed by atoms with Gasteiger partial charge in [0, 0.05) is 17.1 Å². The second kappa shape index (κ2) is 3.39. The minimum Gasteiger partial charge on any atom is -0.385 e. The van der Waals surface area contributed by atoms with E-state index in [-0.39, 0.29) is 0 Å². The maximum absolute atomic E-state index is 10.5. The van der Waals surface area contributed by atoms with E-state index in [0.717, 1.165) is 24.8 Å². The van der Waals surface area contributed by atoms with Crippen LogP contribution >= 0.6 is 11.5 Å². The van der Waals surface area contributed by atoms with Crippen LogP contribution in [-0.2, 0) is 5.60 Å². The van der Waals surface area contributed by atoms with E-state index in [1.165, 1.54) is 18.0 Å². The van der Waals surface area contributed by atoms with Gasteiger partial charge in [0.2, 0.25) is 0 Å². The summed E-state index contributed by atoms with van der Waals surface area (Å²) >= 11 is 1.42. The van der Waals surface area contributed by atoms with E-state index in [0.29, 0.717) is 5.92 Å². The Bertz CT molecular complexity index is 272. The highest BCUT2D eigenvalue weighted by molar-refractivity contribution is 7.03. The molecule has 0 saturated heterocycles. The molecular formula is C10H15NOS. The van der Waals surface area contributed by atoms with Gasteiger partial charge in [-0.25, -0.2) is 4.37 Å². The quantitative estimate of drug-likeness (QED) is 0.750. The molecule has 1 aliphatic rings. The van der Waals surface area contributed by atoms with Gasteiger partial charge in [-0.15, -0.1) is 0 Å². The van der Waals surface area contributed by atoms with Gasteiger partial charge in [0.15, 0.2) is 0 Å². The van der Waals surface area contributed by atoms with Gasteiger partial charge >= 0.3 is 0 Å². The van der Waals surface area contributed by atoms with Crippen LogP contribution in [0.1, 0.15) is 38.2 Å². The van der Waals surface area contributed by atoms with Crippen LogP contribution < -0.4 is 0 Å². The van der Waals surface area contributed by atoms with Crippen LogP contribution in [0.4, 0.5) is 0 Å². The zero-order valence-electron chi connectivity index (χ0n) is 7.86. The molecule has 1 aromatic rings. The zero-order valence-corrected chi connectivity index (χ0v) is 8.68. The molecule has 13 heavy (non-hydrogen) atoms. The van der Waals surface area contributed by atoms with Crippen LogP contribution in [0.25, 0.3) is 0 Å². The van der Waals surface area contributed by atoms with Crippen molar-refractivity contribution in [1.29, 1.82) is 0 Å². The lowest BCUT2D eigenvalue weighted by atomic mass is 9.73. The Balaban J connectivity index is 2.27. The van der Waals surface area contributed by atoms with Crippen LogP contribution in [0, 0.1) is 5.92 Å². The maximum atomic E-state index is 10.5. The molecule has 1 heterocycles. The van der Waals surface area contributed by atoms with Gasteiger partial charge in [0.05, 0.1) is 5.60 Å². The van der Waals surface area contributed by atoms with Gasteiger partial charge in [-0.05, 0) is 30.3 Å². The smallest absolute Gasteiger partial charge is 0.0945 e. The first kappa shape index (κ1) is 9.16. The van der Waals surface area contributed by atoms with Crippen molar-refractivity contribution in [2.75, 3.05) is 0 Å². The highest BCUT2D eigenvalue weighted by Gasteiger charge is 2.38. The first-order valence-corrected chi connectivity index (χ1v) is 5.69. The average Bonchev–Trinajstić information content (AvgIpc) is 2.63. The van der Waals surface area contributed by atoms with Crippen molar-refractivity contribution in [3.63, 3.8) is 0 Å². The Morgan fingerprint density at radius 1 is 1.62 bits per heavy atom. The lowest BCUT2D eigenvalue weighted by molar-refractivity contribution is -0.0467.